The number of aryl methyl sites for hydroxylation is 2. The summed E-state index contributed by atoms with van der Waals surface area (Å²) in [6.07, 6.45) is 4.30. The van der Waals surface area contributed by atoms with Gasteiger partial charge in [-0.25, -0.2) is 15.2 Å². The van der Waals surface area contributed by atoms with E-state index >= 15 is 0 Å². The molecule has 2 N–H and O–H groups in total. The summed E-state index contributed by atoms with van der Waals surface area (Å²) in [5.41, 5.74) is 4.83. The first kappa shape index (κ1) is 24.2. The minimum absolute atomic E-state index is 0.00802. The van der Waals surface area contributed by atoms with Crippen LogP contribution in [0.3, 0.4) is 0 Å². The number of hydrogen-bond acceptors (Lipinski definition) is 7. The number of aromatic nitrogens is 2. The van der Waals surface area contributed by atoms with Gasteiger partial charge in [-0.05, 0) is 66.8 Å². The van der Waals surface area contributed by atoms with Gasteiger partial charge in [-0.2, -0.15) is 5.10 Å². The van der Waals surface area contributed by atoms with Gasteiger partial charge in [0.05, 0.1) is 28.6 Å². The van der Waals surface area contributed by atoms with Crippen molar-refractivity contribution in [3.63, 3.8) is 0 Å². The van der Waals surface area contributed by atoms with Crippen molar-refractivity contribution < 1.29 is 14.7 Å². The van der Waals surface area contributed by atoms with Crippen molar-refractivity contribution >= 4 is 63.0 Å². The first-order valence-corrected chi connectivity index (χ1v) is 13.2. The zero-order chi connectivity index (χ0) is 25.2. The van der Waals surface area contributed by atoms with Gasteiger partial charge >= 0.3 is 5.97 Å². The number of fused-ring (bicyclic) bond motifs is 3. The topological polar surface area (TPSA) is 114 Å². The van der Waals surface area contributed by atoms with Gasteiger partial charge in [-0.3, -0.25) is 14.2 Å². The van der Waals surface area contributed by atoms with Crippen LogP contribution < -0.4 is 11.0 Å². The summed E-state index contributed by atoms with van der Waals surface area (Å²) in [4.78, 5) is 43.7. The third-order valence-corrected chi connectivity index (χ3v) is 8.06. The second-order valence-corrected chi connectivity index (χ2v) is 10.5. The van der Waals surface area contributed by atoms with Gasteiger partial charge in [0.1, 0.15) is 4.83 Å². The molecule has 0 saturated carbocycles. The first-order chi connectivity index (χ1) is 17.4. The highest BCUT2D eigenvalue weighted by atomic mass is 35.5. The van der Waals surface area contributed by atoms with E-state index in [1.807, 2.05) is 0 Å². The Labute approximate surface area is 218 Å². The third-order valence-electron chi connectivity index (χ3n) is 5.69. The predicted molar refractivity (Wildman–Crippen MR) is 142 cm³/mol. The van der Waals surface area contributed by atoms with E-state index in [-0.39, 0.29) is 22.8 Å². The lowest BCUT2D eigenvalue weighted by Crippen LogP contribution is -2.24. The monoisotopic (exact) mass is 538 g/mol. The molecule has 2 aromatic heterocycles. The number of rotatable bonds is 7. The van der Waals surface area contributed by atoms with E-state index in [9.17, 15) is 14.4 Å². The van der Waals surface area contributed by atoms with Crippen LogP contribution in [0, 0.1) is 0 Å². The Kier molecular flexibility index (Phi) is 6.90. The number of amides is 1. The van der Waals surface area contributed by atoms with Crippen LogP contribution in [0.1, 0.15) is 32.8 Å². The molecule has 5 rings (SSSR count). The summed E-state index contributed by atoms with van der Waals surface area (Å²) in [5, 5.41) is 14.5. The number of hydrazone groups is 1. The number of nitrogens with one attached hydrogen (secondary N) is 1. The summed E-state index contributed by atoms with van der Waals surface area (Å²) >= 11 is 8.75. The van der Waals surface area contributed by atoms with Gasteiger partial charge < -0.3 is 5.11 Å². The van der Waals surface area contributed by atoms with E-state index in [0.717, 1.165) is 36.6 Å². The van der Waals surface area contributed by atoms with Crippen molar-refractivity contribution in [2.45, 2.75) is 24.4 Å². The van der Waals surface area contributed by atoms with E-state index in [2.05, 4.69) is 10.5 Å². The highest BCUT2D eigenvalue weighted by Gasteiger charge is 2.24. The van der Waals surface area contributed by atoms with E-state index < -0.39 is 5.97 Å². The fourth-order valence-electron chi connectivity index (χ4n) is 3.99. The molecule has 4 aromatic rings. The third kappa shape index (κ3) is 4.92. The standard InChI is InChI=1S/C25H19ClN4O4S2/c26-16-8-10-17(11-9-16)30-23(32)21-18-2-1-3-19(18)36-22(21)28-25(30)35-13-20(31)29-27-12-14-4-6-15(7-5-14)24(33)34/h4-12H,1-3,13H2,(H,29,31)(H,33,34). The molecule has 182 valence electrons. The van der Waals surface area contributed by atoms with Crippen LogP contribution in [0.5, 0.6) is 0 Å². The van der Waals surface area contributed by atoms with Crippen LogP contribution in [-0.4, -0.2) is 38.5 Å². The molecule has 0 bridgehead atoms. The number of carbonyl (C=O) groups is 2. The molecule has 0 radical (unpaired) electrons. The van der Waals surface area contributed by atoms with Gasteiger partial charge in [-0.15, -0.1) is 11.3 Å². The van der Waals surface area contributed by atoms with Gasteiger partial charge in [-0.1, -0.05) is 35.5 Å². The highest BCUT2D eigenvalue weighted by molar-refractivity contribution is 7.99. The number of thiophene rings is 1. The molecule has 0 fully saturated rings. The molecule has 36 heavy (non-hydrogen) atoms. The molecule has 8 nitrogen and oxygen atoms in total. The average Bonchev–Trinajstić information content (AvgIpc) is 3.45. The number of nitrogens with zero attached hydrogens (tertiary/aromatic N) is 3. The van der Waals surface area contributed by atoms with Crippen LogP contribution in [0.15, 0.2) is 63.6 Å². The average molecular weight is 539 g/mol. The summed E-state index contributed by atoms with van der Waals surface area (Å²) in [5.74, 6) is -1.39. The summed E-state index contributed by atoms with van der Waals surface area (Å²) in [6, 6.07) is 13.0. The van der Waals surface area contributed by atoms with Crippen molar-refractivity contribution in [2.75, 3.05) is 5.75 Å². The molecule has 2 aromatic carbocycles. The summed E-state index contributed by atoms with van der Waals surface area (Å²) in [7, 11) is 0. The Hall–Kier alpha value is -3.47. The molecule has 1 aliphatic rings. The van der Waals surface area contributed by atoms with Gasteiger partial charge in [0.15, 0.2) is 5.16 Å². The van der Waals surface area contributed by atoms with Crippen molar-refractivity contribution in [1.82, 2.24) is 15.0 Å². The van der Waals surface area contributed by atoms with E-state index in [0.29, 0.717) is 31.6 Å². The number of halogens is 1. The molecule has 0 spiro atoms. The second-order valence-electron chi connectivity index (χ2n) is 8.06. The molecule has 0 saturated heterocycles. The van der Waals surface area contributed by atoms with Crippen molar-refractivity contribution in [3.05, 3.63) is 85.5 Å². The van der Waals surface area contributed by atoms with E-state index in [1.54, 1.807) is 47.7 Å². The SMILES string of the molecule is O=C(CSc1nc2sc3c(c2c(=O)n1-c1ccc(Cl)cc1)CCC3)NN=Cc1ccc(C(=O)O)cc1. The Bertz CT molecular complexity index is 1560. The van der Waals surface area contributed by atoms with Crippen LogP contribution in [-0.2, 0) is 17.6 Å². The lowest BCUT2D eigenvalue weighted by molar-refractivity contribution is -0.118. The Balaban J connectivity index is 1.37. The molecular formula is C25H19ClN4O4S2. The Morgan fingerprint density at radius 2 is 1.92 bits per heavy atom. The number of thioether (sulfide) groups is 1. The maximum atomic E-state index is 13.6. The molecule has 0 unspecified atom stereocenters. The number of hydrogen-bond donors (Lipinski definition) is 2. The number of benzene rings is 2. The Morgan fingerprint density at radius 3 is 2.64 bits per heavy atom. The lowest BCUT2D eigenvalue weighted by atomic mass is 10.1. The normalized spacial score (nSPS) is 12.8. The van der Waals surface area contributed by atoms with Crippen LogP contribution in [0.4, 0.5) is 0 Å². The smallest absolute Gasteiger partial charge is 0.335 e. The number of aromatic carboxylic acids is 1. The molecule has 11 heteroatoms. The fraction of sp³-hybridized carbons (Fsp3) is 0.160. The van der Waals surface area contributed by atoms with Gasteiger partial charge in [0.25, 0.3) is 11.5 Å². The summed E-state index contributed by atoms with van der Waals surface area (Å²) in [6.45, 7) is 0. The zero-order valence-corrected chi connectivity index (χ0v) is 21.1. The molecular weight excluding hydrogens is 520 g/mol. The number of carboxylic acid groups (broad SMARTS) is 1. The molecule has 2 heterocycles. The molecule has 1 aliphatic carbocycles. The minimum Gasteiger partial charge on any atom is -0.478 e. The predicted octanol–water partition coefficient (Wildman–Crippen LogP) is 4.53. The van der Waals surface area contributed by atoms with Crippen LogP contribution >= 0.6 is 34.7 Å². The Morgan fingerprint density at radius 1 is 1.17 bits per heavy atom. The highest BCUT2D eigenvalue weighted by Crippen LogP contribution is 2.36. The lowest BCUT2D eigenvalue weighted by Gasteiger charge is -2.12. The fourth-order valence-corrected chi connectivity index (χ4v) is 6.23. The van der Waals surface area contributed by atoms with Crippen LogP contribution in [0.25, 0.3) is 15.9 Å². The maximum Gasteiger partial charge on any atom is 0.335 e. The minimum atomic E-state index is -1.01. The van der Waals surface area contributed by atoms with Crippen molar-refractivity contribution in [2.24, 2.45) is 5.10 Å². The van der Waals surface area contributed by atoms with Gasteiger partial charge in [0.2, 0.25) is 0 Å². The number of carbonyl (C=O) groups excluding carboxylic acids is 1. The quantitative estimate of drug-likeness (QED) is 0.155. The zero-order valence-electron chi connectivity index (χ0n) is 18.7. The van der Waals surface area contributed by atoms with E-state index in [1.165, 1.54) is 27.8 Å². The summed E-state index contributed by atoms with van der Waals surface area (Å²) < 4.78 is 1.54. The molecule has 0 atom stereocenters. The molecule has 1 amide bonds. The largest absolute Gasteiger partial charge is 0.478 e. The number of carboxylic acids is 1. The first-order valence-electron chi connectivity index (χ1n) is 11.0. The molecule has 0 aliphatic heterocycles. The van der Waals surface area contributed by atoms with Gasteiger partial charge in [0, 0.05) is 9.90 Å². The maximum absolute atomic E-state index is 13.6. The van der Waals surface area contributed by atoms with Crippen molar-refractivity contribution in [1.29, 1.82) is 0 Å². The second kappa shape index (κ2) is 10.3. The van der Waals surface area contributed by atoms with E-state index in [4.69, 9.17) is 21.7 Å². The van der Waals surface area contributed by atoms with Crippen LogP contribution in [0.2, 0.25) is 5.02 Å². The van der Waals surface area contributed by atoms with Crippen molar-refractivity contribution in [3.8, 4) is 5.69 Å².